The molecule has 0 saturated carbocycles. The Kier molecular flexibility index (Phi) is 36.9. The Bertz CT molecular complexity index is 673. The van der Waals surface area contributed by atoms with Gasteiger partial charge in [-0.15, -0.1) is 0 Å². The summed E-state index contributed by atoms with van der Waals surface area (Å²) in [5.41, 5.74) is 3.41. The monoisotopic (exact) mass is 836 g/mol. The van der Waals surface area contributed by atoms with E-state index in [1.807, 2.05) is 22.3 Å². The molecule has 0 fully saturated rings. The van der Waals surface area contributed by atoms with Gasteiger partial charge in [-0.1, -0.05) is 148 Å². The van der Waals surface area contributed by atoms with E-state index in [-0.39, 0.29) is 97.8 Å². The minimum absolute atomic E-state index is 0. The SMILES string of the molecule is BrCCCCCCC1(CCCCCCBr)C2=CC#SC2=C2S#CC=C21.C.C.C.C.C.C.[Sn].[Sn]. The number of hydrogen-bond donors (Lipinski definition) is 0. The first kappa shape index (κ1) is 47.9. The summed E-state index contributed by atoms with van der Waals surface area (Å²) in [5, 5.41) is 9.13. The molecule has 2 heterocycles. The zero-order valence-electron chi connectivity index (χ0n) is 15.7. The van der Waals surface area contributed by atoms with Crippen LogP contribution in [-0.4, -0.2) is 58.5 Å². The molecule has 192 valence electrons. The predicted octanol–water partition coefficient (Wildman–Crippen LogP) is 11.2. The second-order valence-corrected chi connectivity index (χ2v) is 10.3. The molecule has 6 heteroatoms. The normalized spacial score (nSPS) is 14.2. The molecule has 2 aliphatic heterocycles. The van der Waals surface area contributed by atoms with Crippen molar-refractivity contribution in [1.82, 2.24) is 0 Å². The fraction of sp³-hybridized carbons (Fsp3) is 0.704. The Balaban J connectivity index is -0.000000228. The summed E-state index contributed by atoms with van der Waals surface area (Å²) >= 11 is 10.7. The van der Waals surface area contributed by atoms with Crippen molar-refractivity contribution in [2.24, 2.45) is 5.41 Å². The summed E-state index contributed by atoms with van der Waals surface area (Å²) < 4.78 is 0. The maximum absolute atomic E-state index is 3.56. The average molecular weight is 836 g/mol. The van der Waals surface area contributed by atoms with Crippen LogP contribution in [-0.2, 0) is 0 Å². The third-order valence-corrected chi connectivity index (χ3v) is 8.41. The molecule has 0 atom stereocenters. The molecular formula is C27H50Br2S2Sn2. The summed E-state index contributed by atoms with van der Waals surface area (Å²) in [7, 11) is 0. The van der Waals surface area contributed by atoms with E-state index in [0.717, 1.165) is 10.7 Å². The molecule has 1 aliphatic carbocycles. The first-order valence-corrected chi connectivity index (χ1v) is 13.3. The molecule has 0 nitrogen and oxygen atoms in total. The Morgan fingerprint density at radius 3 is 1.24 bits per heavy atom. The zero-order chi connectivity index (χ0) is 17.5. The second kappa shape index (κ2) is 25.4. The molecule has 8 radical (unpaired) electrons. The van der Waals surface area contributed by atoms with E-state index in [1.54, 1.807) is 11.1 Å². The van der Waals surface area contributed by atoms with Crippen LogP contribution in [0.15, 0.2) is 33.1 Å². The van der Waals surface area contributed by atoms with Gasteiger partial charge in [0.25, 0.3) is 0 Å². The molecule has 33 heavy (non-hydrogen) atoms. The van der Waals surface area contributed by atoms with Crippen molar-refractivity contribution in [2.45, 2.75) is 109 Å². The van der Waals surface area contributed by atoms with Crippen LogP contribution in [0.4, 0.5) is 0 Å². The van der Waals surface area contributed by atoms with E-state index < -0.39 is 0 Å². The summed E-state index contributed by atoms with van der Waals surface area (Å²) in [6.45, 7) is 0. The van der Waals surface area contributed by atoms with Gasteiger partial charge in [-0.3, -0.25) is 0 Å². The predicted molar refractivity (Wildman–Crippen MR) is 174 cm³/mol. The van der Waals surface area contributed by atoms with Gasteiger partial charge in [-0.05, 0) is 49.0 Å². The van der Waals surface area contributed by atoms with Gasteiger partial charge >= 0.3 is 0 Å². The second-order valence-electron chi connectivity index (χ2n) is 7.00. The van der Waals surface area contributed by atoms with Crippen LogP contribution in [0.25, 0.3) is 0 Å². The minimum atomic E-state index is 0. The molecular weight excluding hydrogens is 786 g/mol. The van der Waals surface area contributed by atoms with Gasteiger partial charge < -0.3 is 0 Å². The summed E-state index contributed by atoms with van der Waals surface area (Å²) in [6.07, 6.45) is 17.8. The van der Waals surface area contributed by atoms with Crippen LogP contribution in [0.2, 0.25) is 0 Å². The van der Waals surface area contributed by atoms with Crippen molar-refractivity contribution in [3.8, 4) is 10.4 Å². The third kappa shape index (κ3) is 11.8. The van der Waals surface area contributed by atoms with Crippen LogP contribution in [0.1, 0.15) is 109 Å². The maximum atomic E-state index is 3.56. The van der Waals surface area contributed by atoms with Gasteiger partial charge in [0.1, 0.15) is 0 Å². The van der Waals surface area contributed by atoms with E-state index in [4.69, 9.17) is 0 Å². The minimum Gasteiger partial charge on any atom is -0.0928 e. The average Bonchev–Trinajstić information content (AvgIpc) is 3.31. The van der Waals surface area contributed by atoms with Gasteiger partial charge in [0, 0.05) is 63.9 Å². The van der Waals surface area contributed by atoms with Crippen molar-refractivity contribution in [3.63, 3.8) is 0 Å². The Labute approximate surface area is 267 Å². The van der Waals surface area contributed by atoms with E-state index in [1.165, 1.54) is 74.0 Å². The molecule has 3 rings (SSSR count). The molecule has 0 aromatic rings. The quantitative estimate of drug-likeness (QED) is 0.104. The fourth-order valence-electron chi connectivity index (χ4n) is 4.14. The van der Waals surface area contributed by atoms with E-state index in [9.17, 15) is 0 Å². The topological polar surface area (TPSA) is 0 Å². The fourth-order valence-corrected chi connectivity index (χ4v) is 6.91. The molecule has 0 bridgehead atoms. The molecule has 0 aromatic carbocycles. The Morgan fingerprint density at radius 1 is 0.576 bits per heavy atom. The van der Waals surface area contributed by atoms with Gasteiger partial charge in [-0.2, -0.15) is 0 Å². The van der Waals surface area contributed by atoms with Crippen molar-refractivity contribution in [1.29, 1.82) is 0 Å². The zero-order valence-corrected chi connectivity index (χ0v) is 26.2. The molecule has 0 N–H and O–H groups in total. The molecule has 0 amide bonds. The molecule has 0 saturated heterocycles. The maximum Gasteiger partial charge on any atom is 0.0583 e. The number of fused-ring (bicyclic) bond motifs is 2. The van der Waals surface area contributed by atoms with Gasteiger partial charge in [0.15, 0.2) is 0 Å². The summed E-state index contributed by atoms with van der Waals surface area (Å²) in [4.78, 5) is 2.98. The molecule has 0 unspecified atom stereocenters. The largest absolute Gasteiger partial charge is 0.0928 e. The Hall–Kier alpha value is 1.78. The van der Waals surface area contributed by atoms with Crippen LogP contribution in [0.3, 0.4) is 0 Å². The smallest absolute Gasteiger partial charge is 0.0583 e. The number of hydrogen-bond acceptors (Lipinski definition) is 0. The van der Waals surface area contributed by atoms with Crippen molar-refractivity contribution < 1.29 is 0 Å². The van der Waals surface area contributed by atoms with E-state index in [2.05, 4.69) is 54.4 Å². The number of rotatable bonds is 12. The first-order valence-electron chi connectivity index (χ1n) is 9.46. The van der Waals surface area contributed by atoms with Gasteiger partial charge in [-0.25, -0.2) is 0 Å². The number of allylic oxidation sites excluding steroid dienone is 4. The van der Waals surface area contributed by atoms with Crippen LogP contribution in [0.5, 0.6) is 0 Å². The number of halogens is 2. The van der Waals surface area contributed by atoms with Crippen LogP contribution >= 0.6 is 54.2 Å². The van der Waals surface area contributed by atoms with Gasteiger partial charge in [0.2, 0.25) is 0 Å². The molecule has 0 spiro atoms. The molecule has 0 aromatic heterocycles. The van der Waals surface area contributed by atoms with Crippen molar-refractivity contribution >= 4 is 102 Å². The van der Waals surface area contributed by atoms with E-state index >= 15 is 0 Å². The van der Waals surface area contributed by atoms with Gasteiger partial charge in [0.05, 0.1) is 9.81 Å². The van der Waals surface area contributed by atoms with E-state index in [0.29, 0.717) is 0 Å². The summed E-state index contributed by atoms with van der Waals surface area (Å²) in [6, 6.07) is 0. The molecule has 3 aliphatic rings. The Morgan fingerprint density at radius 2 is 0.909 bits per heavy atom. The number of unbranched alkanes of at least 4 members (excludes halogenated alkanes) is 6. The third-order valence-electron chi connectivity index (χ3n) is 5.43. The van der Waals surface area contributed by atoms with Crippen LogP contribution < -0.4 is 0 Å². The first-order chi connectivity index (χ1) is 12.3. The van der Waals surface area contributed by atoms with Crippen molar-refractivity contribution in [2.75, 3.05) is 10.7 Å². The summed E-state index contributed by atoms with van der Waals surface area (Å²) in [5.74, 6) is 0. The van der Waals surface area contributed by atoms with Crippen LogP contribution in [0, 0.1) is 15.8 Å². The number of alkyl halides is 2. The standard InChI is InChI=1S/C21H26Br2S2.6CH4.2Sn/c22-13-7-3-1-5-11-21(12-6-2-4-8-14-23)17-9-15-24-19(17)20-18(21)10-16-25-20;;;;;;;;/h9-10H,1-8,11-14H2;6*1H4;;. The van der Waals surface area contributed by atoms with Crippen molar-refractivity contribution in [3.05, 3.63) is 33.1 Å².